The van der Waals surface area contributed by atoms with Crippen LogP contribution in [0.2, 0.25) is 0 Å². The molecule has 0 spiro atoms. The van der Waals surface area contributed by atoms with Crippen LogP contribution in [0.15, 0.2) is 48.8 Å². The molecular formula is C20H24N2O5. The second-order valence-electron chi connectivity index (χ2n) is 6.17. The lowest BCUT2D eigenvalue weighted by Crippen LogP contribution is -2.47. The van der Waals surface area contributed by atoms with Crippen LogP contribution in [-0.4, -0.2) is 42.2 Å². The lowest BCUT2D eigenvalue weighted by molar-refractivity contribution is -0.147. The van der Waals surface area contributed by atoms with Crippen molar-refractivity contribution in [2.75, 3.05) is 13.7 Å². The highest BCUT2D eigenvalue weighted by atomic mass is 16.5. The van der Waals surface area contributed by atoms with Gasteiger partial charge < -0.3 is 19.4 Å². The fraction of sp³-hybridized carbons (Fsp3) is 0.350. The van der Waals surface area contributed by atoms with Gasteiger partial charge in [0.2, 0.25) is 0 Å². The molecule has 0 bridgehead atoms. The summed E-state index contributed by atoms with van der Waals surface area (Å²) < 4.78 is 11.7. The Morgan fingerprint density at radius 1 is 1.15 bits per heavy atom. The number of esters is 2. The van der Waals surface area contributed by atoms with Gasteiger partial charge in [-0.1, -0.05) is 26.3 Å². The van der Waals surface area contributed by atoms with Gasteiger partial charge in [0.25, 0.3) is 5.91 Å². The van der Waals surface area contributed by atoms with Crippen LogP contribution in [-0.2, 0) is 19.1 Å². The fourth-order valence-electron chi connectivity index (χ4n) is 2.53. The highest BCUT2D eigenvalue weighted by Gasteiger charge is 2.27. The Morgan fingerprint density at radius 3 is 2.48 bits per heavy atom. The first kappa shape index (κ1) is 20.2. The molecule has 7 heteroatoms. The van der Waals surface area contributed by atoms with Gasteiger partial charge in [-0.2, -0.15) is 0 Å². The zero-order chi connectivity index (χ0) is 19.8. The van der Waals surface area contributed by atoms with E-state index in [0.29, 0.717) is 12.0 Å². The molecule has 0 fully saturated rings. The maximum atomic E-state index is 12.2. The molecule has 0 aliphatic heterocycles. The Labute approximate surface area is 158 Å². The maximum absolute atomic E-state index is 12.2. The quantitative estimate of drug-likeness (QED) is 0.719. The van der Waals surface area contributed by atoms with Gasteiger partial charge in [-0.3, -0.25) is 4.79 Å². The summed E-state index contributed by atoms with van der Waals surface area (Å²) in [5, 5.41) is 2.56. The number of rotatable bonds is 8. The topological polar surface area (TPSA) is 86.6 Å². The lowest BCUT2D eigenvalue weighted by atomic mass is 9.99. The molecule has 0 saturated heterocycles. The smallest absolute Gasteiger partial charge is 0.338 e. The van der Waals surface area contributed by atoms with Gasteiger partial charge >= 0.3 is 11.9 Å². The van der Waals surface area contributed by atoms with Crippen LogP contribution < -0.4 is 5.32 Å². The molecule has 0 aliphatic carbocycles. The molecule has 144 valence electrons. The number of ether oxygens (including phenoxy) is 2. The highest BCUT2D eigenvalue weighted by Crippen LogP contribution is 2.12. The average molecular weight is 372 g/mol. The average Bonchev–Trinajstić information content (AvgIpc) is 3.24. The molecule has 27 heavy (non-hydrogen) atoms. The number of hydrogen-bond donors (Lipinski definition) is 1. The summed E-state index contributed by atoms with van der Waals surface area (Å²) in [6, 6.07) is 9.87. The lowest BCUT2D eigenvalue weighted by Gasteiger charge is -2.21. The predicted octanol–water partition coefficient (Wildman–Crippen LogP) is 2.34. The molecule has 2 atom stereocenters. The van der Waals surface area contributed by atoms with E-state index in [9.17, 15) is 14.4 Å². The van der Waals surface area contributed by atoms with Gasteiger partial charge in [0.1, 0.15) is 6.04 Å². The maximum Gasteiger partial charge on any atom is 0.338 e. The summed E-state index contributed by atoms with van der Waals surface area (Å²) in [7, 11) is 1.27. The minimum absolute atomic E-state index is 0.102. The first-order chi connectivity index (χ1) is 13.0. The molecule has 0 aliphatic rings. The Hall–Kier alpha value is -3.09. The minimum Gasteiger partial charge on any atom is -0.467 e. The van der Waals surface area contributed by atoms with E-state index < -0.39 is 30.5 Å². The van der Waals surface area contributed by atoms with Crippen molar-refractivity contribution in [1.29, 1.82) is 0 Å². The van der Waals surface area contributed by atoms with Gasteiger partial charge in [0, 0.05) is 18.1 Å². The molecule has 2 aromatic rings. The number of benzene rings is 1. The number of aromatic nitrogens is 1. The second-order valence-corrected chi connectivity index (χ2v) is 6.17. The van der Waals surface area contributed by atoms with E-state index in [1.165, 1.54) is 7.11 Å². The summed E-state index contributed by atoms with van der Waals surface area (Å²) in [6.07, 6.45) is 4.41. The second kappa shape index (κ2) is 9.56. The zero-order valence-electron chi connectivity index (χ0n) is 15.7. The Kier molecular flexibility index (Phi) is 7.16. The molecule has 0 saturated carbocycles. The molecular weight excluding hydrogens is 348 g/mol. The number of carbonyl (C=O) groups excluding carboxylic acids is 3. The third-order valence-electron chi connectivity index (χ3n) is 4.30. The SMILES string of the molecule is CC[C@@H](C)[C@H](NC(=O)COC(=O)c1cccc(-n2cccc2)c1)C(=O)OC. The first-order valence-electron chi connectivity index (χ1n) is 8.74. The van der Waals surface area contributed by atoms with Gasteiger partial charge in [-0.05, 0) is 36.2 Å². The monoisotopic (exact) mass is 372 g/mol. The van der Waals surface area contributed by atoms with E-state index in [1.54, 1.807) is 18.2 Å². The number of nitrogens with zero attached hydrogens (tertiary/aromatic N) is 1. The molecule has 1 heterocycles. The van der Waals surface area contributed by atoms with E-state index in [2.05, 4.69) is 5.32 Å². The first-order valence-corrected chi connectivity index (χ1v) is 8.74. The minimum atomic E-state index is -0.775. The Bertz CT molecular complexity index is 785. The van der Waals surface area contributed by atoms with Gasteiger partial charge in [-0.15, -0.1) is 0 Å². The predicted molar refractivity (Wildman–Crippen MR) is 99.5 cm³/mol. The highest BCUT2D eigenvalue weighted by molar-refractivity contribution is 5.92. The Balaban J connectivity index is 1.95. The molecule has 1 aromatic heterocycles. The molecule has 1 N–H and O–H groups in total. The van der Waals surface area contributed by atoms with Crippen LogP contribution in [0.4, 0.5) is 0 Å². The standard InChI is InChI=1S/C20H24N2O5/c1-4-14(2)18(20(25)26-3)21-17(23)13-27-19(24)15-8-7-9-16(12-15)22-10-5-6-11-22/h5-12,14,18H,4,13H2,1-3H3,(H,21,23)/t14-,18+/m1/s1. The molecule has 0 radical (unpaired) electrons. The third-order valence-corrected chi connectivity index (χ3v) is 4.30. The van der Waals surface area contributed by atoms with E-state index >= 15 is 0 Å². The van der Waals surface area contributed by atoms with Crippen LogP contribution in [0.5, 0.6) is 0 Å². The number of amides is 1. The van der Waals surface area contributed by atoms with Crippen molar-refractivity contribution in [3.05, 3.63) is 54.4 Å². The zero-order valence-corrected chi connectivity index (χ0v) is 15.7. The summed E-state index contributed by atoms with van der Waals surface area (Å²) in [6.45, 7) is 3.27. The van der Waals surface area contributed by atoms with Crippen molar-refractivity contribution in [2.45, 2.75) is 26.3 Å². The summed E-state index contributed by atoms with van der Waals surface area (Å²) in [4.78, 5) is 36.1. The van der Waals surface area contributed by atoms with E-state index in [4.69, 9.17) is 9.47 Å². The Morgan fingerprint density at radius 2 is 1.85 bits per heavy atom. The molecule has 1 amide bonds. The van der Waals surface area contributed by atoms with Crippen molar-refractivity contribution in [1.82, 2.24) is 9.88 Å². The number of nitrogens with one attached hydrogen (secondary N) is 1. The van der Waals surface area contributed by atoms with Crippen molar-refractivity contribution >= 4 is 17.8 Å². The van der Waals surface area contributed by atoms with E-state index in [0.717, 1.165) is 5.69 Å². The molecule has 1 aromatic carbocycles. The number of carbonyl (C=O) groups is 3. The van der Waals surface area contributed by atoms with Crippen LogP contribution in [0.25, 0.3) is 5.69 Å². The molecule has 2 rings (SSSR count). The van der Waals surface area contributed by atoms with Crippen LogP contribution in [0, 0.1) is 5.92 Å². The summed E-state index contributed by atoms with van der Waals surface area (Å²) in [5.74, 6) is -1.79. The van der Waals surface area contributed by atoms with Crippen molar-refractivity contribution in [3.8, 4) is 5.69 Å². The number of methoxy groups -OCH3 is 1. The molecule has 7 nitrogen and oxygen atoms in total. The van der Waals surface area contributed by atoms with Crippen LogP contribution in [0.1, 0.15) is 30.6 Å². The third kappa shape index (κ3) is 5.44. The van der Waals surface area contributed by atoms with Gasteiger partial charge in [-0.25, -0.2) is 9.59 Å². The van der Waals surface area contributed by atoms with Crippen LogP contribution in [0.3, 0.4) is 0 Å². The van der Waals surface area contributed by atoms with Crippen LogP contribution >= 0.6 is 0 Å². The van der Waals surface area contributed by atoms with Crippen molar-refractivity contribution in [2.24, 2.45) is 5.92 Å². The van der Waals surface area contributed by atoms with E-state index in [-0.39, 0.29) is 5.92 Å². The fourth-order valence-corrected chi connectivity index (χ4v) is 2.53. The van der Waals surface area contributed by atoms with Gasteiger partial charge in [0.05, 0.1) is 12.7 Å². The summed E-state index contributed by atoms with van der Waals surface area (Å²) >= 11 is 0. The van der Waals surface area contributed by atoms with E-state index in [1.807, 2.05) is 49.0 Å². The normalized spacial score (nSPS) is 12.7. The number of hydrogen-bond acceptors (Lipinski definition) is 5. The molecule has 0 unspecified atom stereocenters. The van der Waals surface area contributed by atoms with Gasteiger partial charge in [0.15, 0.2) is 6.61 Å². The van der Waals surface area contributed by atoms with Crippen molar-refractivity contribution < 1.29 is 23.9 Å². The van der Waals surface area contributed by atoms with Crippen molar-refractivity contribution in [3.63, 3.8) is 0 Å². The summed E-state index contributed by atoms with van der Waals surface area (Å²) in [5.41, 5.74) is 1.14. The largest absolute Gasteiger partial charge is 0.467 e.